The number of hydrogen-bond donors (Lipinski definition) is 1. The summed E-state index contributed by atoms with van der Waals surface area (Å²) in [5.41, 5.74) is 2.51. The Morgan fingerprint density at radius 2 is 1.62 bits per heavy atom. The van der Waals surface area contributed by atoms with E-state index in [1.54, 1.807) is 36.4 Å². The van der Waals surface area contributed by atoms with Crippen molar-refractivity contribution >= 4 is 11.9 Å². The number of carbonyl (C=O) groups is 2. The Morgan fingerprint density at radius 3 is 2.19 bits per heavy atom. The van der Waals surface area contributed by atoms with E-state index >= 15 is 0 Å². The molecule has 0 bridgehead atoms. The molecule has 108 valence electrons. The highest BCUT2D eigenvalue weighted by atomic mass is 16.5. The van der Waals surface area contributed by atoms with E-state index in [1.165, 1.54) is 6.92 Å². The number of aryl methyl sites for hydroxylation is 1. The lowest BCUT2D eigenvalue weighted by atomic mass is 10.1. The van der Waals surface area contributed by atoms with Gasteiger partial charge in [-0.1, -0.05) is 29.8 Å². The average molecular weight is 283 g/mol. The molecule has 2 aromatic carbocycles. The molecule has 0 aliphatic carbocycles. The number of ether oxygens (including phenoxy) is 1. The molecule has 0 saturated heterocycles. The predicted molar refractivity (Wildman–Crippen MR) is 80.1 cm³/mol. The van der Waals surface area contributed by atoms with Crippen molar-refractivity contribution in [2.24, 2.45) is 0 Å². The second kappa shape index (κ2) is 6.70. The quantitative estimate of drug-likeness (QED) is 0.693. The summed E-state index contributed by atoms with van der Waals surface area (Å²) in [7, 11) is 0. The second-order valence-electron chi connectivity index (χ2n) is 4.81. The normalized spacial score (nSPS) is 10.0. The fraction of sp³-hybridized carbons (Fsp3) is 0.176. The summed E-state index contributed by atoms with van der Waals surface area (Å²) in [5.74, 6) is 0.0377. The van der Waals surface area contributed by atoms with Crippen molar-refractivity contribution in [2.45, 2.75) is 20.4 Å². The maximum Gasteiger partial charge on any atom is 0.343 e. The van der Waals surface area contributed by atoms with Crippen LogP contribution in [-0.2, 0) is 11.3 Å². The predicted octanol–water partition coefficient (Wildman–Crippen LogP) is 2.85. The zero-order valence-electron chi connectivity index (χ0n) is 12.1. The molecule has 0 spiro atoms. The first kappa shape index (κ1) is 14.8. The third-order valence-corrected chi connectivity index (χ3v) is 2.96. The molecule has 0 saturated carbocycles. The Labute approximate surface area is 123 Å². The minimum atomic E-state index is -0.398. The van der Waals surface area contributed by atoms with Crippen LogP contribution in [-0.4, -0.2) is 11.9 Å². The van der Waals surface area contributed by atoms with E-state index in [9.17, 15) is 9.59 Å². The lowest BCUT2D eigenvalue weighted by molar-refractivity contribution is -0.119. The molecule has 4 nitrogen and oxygen atoms in total. The SMILES string of the molecule is CC(=O)NCc1ccc(C(=O)Oc2ccc(C)cc2)cc1. The molecule has 0 atom stereocenters. The third kappa shape index (κ3) is 4.45. The molecule has 1 N–H and O–H groups in total. The van der Waals surface area contributed by atoms with E-state index < -0.39 is 5.97 Å². The lowest BCUT2D eigenvalue weighted by Crippen LogP contribution is -2.18. The minimum Gasteiger partial charge on any atom is -0.423 e. The highest BCUT2D eigenvalue weighted by molar-refractivity contribution is 5.91. The van der Waals surface area contributed by atoms with Crippen LogP contribution in [0.2, 0.25) is 0 Å². The highest BCUT2D eigenvalue weighted by Gasteiger charge is 2.08. The van der Waals surface area contributed by atoms with Gasteiger partial charge in [-0.15, -0.1) is 0 Å². The van der Waals surface area contributed by atoms with E-state index in [4.69, 9.17) is 4.74 Å². The monoisotopic (exact) mass is 283 g/mol. The van der Waals surface area contributed by atoms with Gasteiger partial charge in [-0.2, -0.15) is 0 Å². The molecule has 0 heterocycles. The number of hydrogen-bond acceptors (Lipinski definition) is 3. The van der Waals surface area contributed by atoms with Crippen LogP contribution in [0.25, 0.3) is 0 Å². The topological polar surface area (TPSA) is 55.4 Å². The summed E-state index contributed by atoms with van der Waals surface area (Å²) >= 11 is 0. The van der Waals surface area contributed by atoms with Crippen LogP contribution in [0.15, 0.2) is 48.5 Å². The van der Waals surface area contributed by atoms with Crippen molar-refractivity contribution < 1.29 is 14.3 Å². The van der Waals surface area contributed by atoms with Crippen molar-refractivity contribution in [1.29, 1.82) is 0 Å². The van der Waals surface area contributed by atoms with Crippen LogP contribution in [0.3, 0.4) is 0 Å². The van der Waals surface area contributed by atoms with E-state index in [-0.39, 0.29) is 5.91 Å². The maximum atomic E-state index is 12.0. The molecular formula is C17H17NO3. The molecule has 1 amide bonds. The summed E-state index contributed by atoms with van der Waals surface area (Å²) in [5, 5.41) is 2.70. The molecule has 4 heteroatoms. The van der Waals surface area contributed by atoms with Gasteiger partial charge >= 0.3 is 5.97 Å². The van der Waals surface area contributed by atoms with Gasteiger partial charge < -0.3 is 10.1 Å². The van der Waals surface area contributed by atoms with Crippen LogP contribution in [0.4, 0.5) is 0 Å². The smallest absolute Gasteiger partial charge is 0.343 e. The van der Waals surface area contributed by atoms with Gasteiger partial charge in [-0.3, -0.25) is 4.79 Å². The molecule has 0 unspecified atom stereocenters. The first-order valence-electron chi connectivity index (χ1n) is 6.67. The molecule has 2 aromatic rings. The number of rotatable bonds is 4. The van der Waals surface area contributed by atoms with Gasteiger partial charge in [0.25, 0.3) is 0 Å². The molecule has 21 heavy (non-hydrogen) atoms. The Kier molecular flexibility index (Phi) is 4.72. The number of esters is 1. The van der Waals surface area contributed by atoms with Crippen molar-refractivity contribution in [3.8, 4) is 5.75 Å². The summed E-state index contributed by atoms with van der Waals surface area (Å²) in [6.45, 7) is 3.88. The first-order valence-corrected chi connectivity index (χ1v) is 6.67. The molecule has 0 aliphatic rings. The van der Waals surface area contributed by atoms with E-state index in [0.717, 1.165) is 11.1 Å². The Morgan fingerprint density at radius 1 is 1.00 bits per heavy atom. The van der Waals surface area contributed by atoms with Crippen molar-refractivity contribution in [3.05, 3.63) is 65.2 Å². The molecular weight excluding hydrogens is 266 g/mol. The third-order valence-electron chi connectivity index (χ3n) is 2.96. The maximum absolute atomic E-state index is 12.0. The van der Waals surface area contributed by atoms with Crippen LogP contribution in [0, 0.1) is 6.92 Å². The minimum absolute atomic E-state index is 0.0853. The zero-order chi connectivity index (χ0) is 15.2. The highest BCUT2D eigenvalue weighted by Crippen LogP contribution is 2.14. The zero-order valence-corrected chi connectivity index (χ0v) is 12.1. The van der Waals surface area contributed by atoms with Crippen molar-refractivity contribution in [2.75, 3.05) is 0 Å². The molecule has 0 radical (unpaired) electrons. The number of benzene rings is 2. The number of amides is 1. The van der Waals surface area contributed by atoms with Gasteiger partial charge in [-0.05, 0) is 36.8 Å². The number of carbonyl (C=O) groups excluding carboxylic acids is 2. The van der Waals surface area contributed by atoms with E-state index in [0.29, 0.717) is 17.9 Å². The van der Waals surface area contributed by atoms with Gasteiger partial charge in [0, 0.05) is 13.5 Å². The van der Waals surface area contributed by atoms with Gasteiger partial charge in [-0.25, -0.2) is 4.79 Å². The Balaban J connectivity index is 1.99. The van der Waals surface area contributed by atoms with Crippen LogP contribution in [0.5, 0.6) is 5.75 Å². The fourth-order valence-corrected chi connectivity index (χ4v) is 1.76. The first-order chi connectivity index (χ1) is 10.0. The lowest BCUT2D eigenvalue weighted by Gasteiger charge is -2.06. The summed E-state index contributed by atoms with van der Waals surface area (Å²) in [6, 6.07) is 14.3. The largest absolute Gasteiger partial charge is 0.423 e. The number of nitrogens with one attached hydrogen (secondary N) is 1. The average Bonchev–Trinajstić information content (AvgIpc) is 2.48. The van der Waals surface area contributed by atoms with Crippen LogP contribution >= 0.6 is 0 Å². The summed E-state index contributed by atoms with van der Waals surface area (Å²) < 4.78 is 5.28. The van der Waals surface area contributed by atoms with Crippen LogP contribution in [0.1, 0.15) is 28.4 Å². The molecule has 0 aromatic heterocycles. The molecule has 0 aliphatic heterocycles. The van der Waals surface area contributed by atoms with E-state index in [1.807, 2.05) is 19.1 Å². The van der Waals surface area contributed by atoms with Crippen molar-refractivity contribution in [1.82, 2.24) is 5.32 Å². The Hall–Kier alpha value is -2.62. The fourth-order valence-electron chi connectivity index (χ4n) is 1.76. The van der Waals surface area contributed by atoms with Gasteiger partial charge in [0.15, 0.2) is 0 Å². The molecule has 2 rings (SSSR count). The van der Waals surface area contributed by atoms with Gasteiger partial charge in [0.05, 0.1) is 5.56 Å². The second-order valence-corrected chi connectivity index (χ2v) is 4.81. The summed E-state index contributed by atoms with van der Waals surface area (Å²) in [6.07, 6.45) is 0. The molecule has 0 fully saturated rings. The Bertz CT molecular complexity index is 630. The van der Waals surface area contributed by atoms with E-state index in [2.05, 4.69) is 5.32 Å². The van der Waals surface area contributed by atoms with Gasteiger partial charge in [0.1, 0.15) is 5.75 Å². The van der Waals surface area contributed by atoms with Crippen molar-refractivity contribution in [3.63, 3.8) is 0 Å². The standard InChI is InChI=1S/C17H17NO3/c1-12-3-9-16(10-4-12)21-17(20)15-7-5-14(6-8-15)11-18-13(2)19/h3-10H,11H2,1-2H3,(H,18,19). The van der Waals surface area contributed by atoms with Crippen LogP contribution < -0.4 is 10.1 Å². The van der Waals surface area contributed by atoms with Gasteiger partial charge in [0.2, 0.25) is 5.91 Å². The summed E-state index contributed by atoms with van der Waals surface area (Å²) in [4.78, 5) is 22.8.